The average Bonchev–Trinajstić information content (AvgIpc) is 2.72. The third-order valence-electron chi connectivity index (χ3n) is 5.70. The molecule has 4 rings (SSSR count). The Morgan fingerprint density at radius 3 is 2.52 bits per heavy atom. The van der Waals surface area contributed by atoms with Crippen LogP contribution in [0, 0.1) is 18.6 Å². The third-order valence-corrected chi connectivity index (χ3v) is 5.70. The standard InChI is InChI=1S/C25H26F2N2/c1-18-5-2-6-20(13-18)16-29-12-4-7-21(17-29)25-11-10-19(15-28-25)14-22-23(26)8-3-9-24(22)27/h2-3,5-6,8-11,13,15,21H,4,7,12,14,16-17H2,1H3. The number of rotatable bonds is 5. The Morgan fingerprint density at radius 2 is 1.79 bits per heavy atom. The van der Waals surface area contributed by atoms with Crippen molar-refractivity contribution in [1.82, 2.24) is 9.88 Å². The van der Waals surface area contributed by atoms with E-state index in [0.717, 1.165) is 43.7 Å². The molecule has 4 heteroatoms. The maximum atomic E-state index is 13.9. The van der Waals surface area contributed by atoms with Crippen LogP contribution in [0.25, 0.3) is 0 Å². The van der Waals surface area contributed by atoms with Gasteiger partial charge in [-0.3, -0.25) is 9.88 Å². The fourth-order valence-corrected chi connectivity index (χ4v) is 4.20. The van der Waals surface area contributed by atoms with E-state index in [1.165, 1.54) is 29.3 Å². The largest absolute Gasteiger partial charge is 0.298 e. The zero-order valence-corrected chi connectivity index (χ0v) is 16.7. The van der Waals surface area contributed by atoms with Gasteiger partial charge in [0.25, 0.3) is 0 Å². The Balaban J connectivity index is 1.42. The van der Waals surface area contributed by atoms with E-state index in [1.54, 1.807) is 6.20 Å². The number of pyridine rings is 1. The number of aryl methyl sites for hydroxylation is 1. The molecule has 1 aliphatic rings. The predicted molar refractivity (Wildman–Crippen MR) is 112 cm³/mol. The Kier molecular flexibility index (Phi) is 6.00. The molecule has 29 heavy (non-hydrogen) atoms. The fraction of sp³-hybridized carbons (Fsp3) is 0.320. The number of piperidine rings is 1. The number of benzene rings is 2. The van der Waals surface area contributed by atoms with Crippen LogP contribution in [0.5, 0.6) is 0 Å². The van der Waals surface area contributed by atoms with Crippen molar-refractivity contribution in [1.29, 1.82) is 0 Å². The minimum atomic E-state index is -0.506. The highest BCUT2D eigenvalue weighted by molar-refractivity contribution is 5.28. The first-order valence-corrected chi connectivity index (χ1v) is 10.2. The predicted octanol–water partition coefficient (Wildman–Crippen LogP) is 5.64. The molecule has 0 spiro atoms. The summed E-state index contributed by atoms with van der Waals surface area (Å²) in [7, 11) is 0. The van der Waals surface area contributed by atoms with Crippen molar-refractivity contribution < 1.29 is 8.78 Å². The Hall–Kier alpha value is -2.59. The van der Waals surface area contributed by atoms with E-state index in [1.807, 2.05) is 12.1 Å². The molecule has 1 aliphatic heterocycles. The third kappa shape index (κ3) is 4.88. The van der Waals surface area contributed by atoms with Gasteiger partial charge in [-0.1, -0.05) is 42.0 Å². The van der Waals surface area contributed by atoms with Crippen molar-refractivity contribution in [3.8, 4) is 0 Å². The van der Waals surface area contributed by atoms with Gasteiger partial charge in [0.15, 0.2) is 0 Å². The number of likely N-dealkylation sites (tertiary alicyclic amines) is 1. The molecule has 1 saturated heterocycles. The summed E-state index contributed by atoms with van der Waals surface area (Å²) >= 11 is 0. The van der Waals surface area contributed by atoms with Crippen LogP contribution >= 0.6 is 0 Å². The van der Waals surface area contributed by atoms with Gasteiger partial charge in [0.1, 0.15) is 11.6 Å². The van der Waals surface area contributed by atoms with Crippen LogP contribution in [0.15, 0.2) is 60.8 Å². The highest BCUT2D eigenvalue weighted by Crippen LogP contribution is 2.27. The number of halogens is 2. The lowest BCUT2D eigenvalue weighted by molar-refractivity contribution is 0.198. The zero-order valence-electron chi connectivity index (χ0n) is 16.7. The summed E-state index contributed by atoms with van der Waals surface area (Å²) in [6.07, 6.45) is 4.26. The summed E-state index contributed by atoms with van der Waals surface area (Å²) in [6.45, 7) is 5.18. The molecule has 2 aromatic carbocycles. The first kappa shape index (κ1) is 19.7. The molecular formula is C25H26F2N2. The molecule has 0 N–H and O–H groups in total. The maximum Gasteiger partial charge on any atom is 0.129 e. The molecule has 1 aromatic heterocycles. The molecule has 1 unspecified atom stereocenters. The van der Waals surface area contributed by atoms with Crippen molar-refractivity contribution in [3.05, 3.63) is 100 Å². The van der Waals surface area contributed by atoms with Crippen molar-refractivity contribution in [2.75, 3.05) is 13.1 Å². The lowest BCUT2D eigenvalue weighted by Gasteiger charge is -2.32. The van der Waals surface area contributed by atoms with E-state index in [-0.39, 0.29) is 12.0 Å². The summed E-state index contributed by atoms with van der Waals surface area (Å²) < 4.78 is 27.8. The summed E-state index contributed by atoms with van der Waals surface area (Å²) in [5, 5.41) is 0. The van der Waals surface area contributed by atoms with Gasteiger partial charge < -0.3 is 0 Å². The van der Waals surface area contributed by atoms with E-state index in [0.29, 0.717) is 5.92 Å². The van der Waals surface area contributed by atoms with Gasteiger partial charge in [-0.2, -0.15) is 0 Å². The van der Waals surface area contributed by atoms with Crippen LogP contribution in [-0.4, -0.2) is 23.0 Å². The molecular weight excluding hydrogens is 366 g/mol. The molecule has 2 nitrogen and oxygen atoms in total. The molecule has 150 valence electrons. The summed E-state index contributed by atoms with van der Waals surface area (Å²) in [5.74, 6) is -0.617. The van der Waals surface area contributed by atoms with E-state index in [2.05, 4.69) is 41.1 Å². The summed E-state index contributed by atoms with van der Waals surface area (Å²) in [4.78, 5) is 7.14. The number of aromatic nitrogens is 1. The van der Waals surface area contributed by atoms with Crippen molar-refractivity contribution in [2.45, 2.75) is 38.6 Å². The minimum Gasteiger partial charge on any atom is -0.298 e. The SMILES string of the molecule is Cc1cccc(CN2CCCC(c3ccc(Cc4c(F)cccc4F)cn3)C2)c1. The number of hydrogen-bond acceptors (Lipinski definition) is 2. The zero-order chi connectivity index (χ0) is 20.2. The second-order valence-corrected chi connectivity index (χ2v) is 8.03. The Labute approximate surface area is 171 Å². The van der Waals surface area contributed by atoms with Gasteiger partial charge in [0.2, 0.25) is 0 Å². The van der Waals surface area contributed by atoms with Gasteiger partial charge in [-0.25, -0.2) is 8.78 Å². The molecule has 1 fully saturated rings. The highest BCUT2D eigenvalue weighted by Gasteiger charge is 2.22. The normalized spacial score (nSPS) is 17.4. The number of nitrogens with zero attached hydrogens (tertiary/aromatic N) is 2. The molecule has 0 aliphatic carbocycles. The minimum absolute atomic E-state index is 0.101. The summed E-state index contributed by atoms with van der Waals surface area (Å²) in [6, 6.07) is 16.6. The smallest absolute Gasteiger partial charge is 0.129 e. The van der Waals surface area contributed by atoms with Crippen molar-refractivity contribution in [2.24, 2.45) is 0 Å². The summed E-state index contributed by atoms with van der Waals surface area (Å²) in [5.41, 5.74) is 4.63. The van der Waals surface area contributed by atoms with E-state index in [4.69, 9.17) is 0 Å². The van der Waals surface area contributed by atoms with Crippen LogP contribution in [0.3, 0.4) is 0 Å². The van der Waals surface area contributed by atoms with Crippen LogP contribution in [0.4, 0.5) is 8.78 Å². The van der Waals surface area contributed by atoms with E-state index < -0.39 is 11.6 Å². The fourth-order valence-electron chi connectivity index (χ4n) is 4.20. The Morgan fingerprint density at radius 1 is 1.00 bits per heavy atom. The second-order valence-electron chi connectivity index (χ2n) is 8.03. The monoisotopic (exact) mass is 392 g/mol. The van der Waals surface area contributed by atoms with Gasteiger partial charge >= 0.3 is 0 Å². The van der Waals surface area contributed by atoms with Crippen LogP contribution in [0.2, 0.25) is 0 Å². The molecule has 1 atom stereocenters. The van der Waals surface area contributed by atoms with E-state index >= 15 is 0 Å². The number of hydrogen-bond donors (Lipinski definition) is 0. The second kappa shape index (κ2) is 8.83. The molecule has 2 heterocycles. The highest BCUT2D eigenvalue weighted by atomic mass is 19.1. The van der Waals surface area contributed by atoms with Crippen molar-refractivity contribution in [3.63, 3.8) is 0 Å². The molecule has 0 bridgehead atoms. The first-order chi connectivity index (χ1) is 14.1. The average molecular weight is 392 g/mol. The molecule has 0 amide bonds. The van der Waals surface area contributed by atoms with Gasteiger partial charge in [0, 0.05) is 42.9 Å². The van der Waals surface area contributed by atoms with Gasteiger partial charge in [-0.05, 0) is 55.6 Å². The molecule has 3 aromatic rings. The lowest BCUT2D eigenvalue weighted by atomic mass is 9.93. The maximum absolute atomic E-state index is 13.9. The molecule has 0 saturated carbocycles. The van der Waals surface area contributed by atoms with Gasteiger partial charge in [0.05, 0.1) is 0 Å². The lowest BCUT2D eigenvalue weighted by Crippen LogP contribution is -2.34. The van der Waals surface area contributed by atoms with Crippen molar-refractivity contribution >= 4 is 0 Å². The first-order valence-electron chi connectivity index (χ1n) is 10.2. The molecule has 0 radical (unpaired) electrons. The van der Waals surface area contributed by atoms with Crippen LogP contribution < -0.4 is 0 Å². The van der Waals surface area contributed by atoms with Crippen LogP contribution in [0.1, 0.15) is 46.7 Å². The van der Waals surface area contributed by atoms with Crippen LogP contribution in [-0.2, 0) is 13.0 Å². The topological polar surface area (TPSA) is 16.1 Å². The van der Waals surface area contributed by atoms with Gasteiger partial charge in [-0.15, -0.1) is 0 Å². The Bertz CT molecular complexity index is 949. The quantitative estimate of drug-likeness (QED) is 0.559. The van der Waals surface area contributed by atoms with E-state index in [9.17, 15) is 8.78 Å².